The second-order valence-electron chi connectivity index (χ2n) is 4.75. The topological polar surface area (TPSA) is 82.2 Å². The largest absolute Gasteiger partial charge is 0.385 e. The molecule has 6 heteroatoms. The van der Waals surface area contributed by atoms with Gasteiger partial charge in [-0.15, -0.1) is 0 Å². The van der Waals surface area contributed by atoms with E-state index in [0.29, 0.717) is 18.7 Å². The average molecular weight is 288 g/mol. The van der Waals surface area contributed by atoms with E-state index in [9.17, 15) is 4.79 Å². The molecule has 1 amide bonds. The van der Waals surface area contributed by atoms with Crippen LogP contribution in [0.3, 0.4) is 0 Å². The monoisotopic (exact) mass is 288 g/mol. The molecule has 0 saturated carbocycles. The number of anilines is 1. The molecule has 112 valence electrons. The summed E-state index contributed by atoms with van der Waals surface area (Å²) < 4.78 is 6.82. The van der Waals surface area contributed by atoms with E-state index in [1.165, 1.54) is 0 Å². The lowest BCUT2D eigenvalue weighted by Gasteiger charge is -2.13. The van der Waals surface area contributed by atoms with E-state index in [-0.39, 0.29) is 5.91 Å². The first-order valence-corrected chi connectivity index (χ1v) is 6.84. The zero-order valence-corrected chi connectivity index (χ0v) is 12.0. The van der Waals surface area contributed by atoms with Crippen molar-refractivity contribution in [2.45, 2.75) is 18.9 Å². The summed E-state index contributed by atoms with van der Waals surface area (Å²) in [5, 5.41) is 2.83. The van der Waals surface area contributed by atoms with Gasteiger partial charge in [-0.25, -0.2) is 4.98 Å². The van der Waals surface area contributed by atoms with Crippen molar-refractivity contribution in [3.8, 4) is 5.69 Å². The van der Waals surface area contributed by atoms with E-state index in [1.807, 2.05) is 35.0 Å². The lowest BCUT2D eigenvalue weighted by molar-refractivity contribution is -0.117. The average Bonchev–Trinajstić information content (AvgIpc) is 3.02. The number of ether oxygens (including phenoxy) is 1. The molecule has 2 aromatic rings. The third-order valence-corrected chi connectivity index (χ3v) is 3.12. The van der Waals surface area contributed by atoms with Crippen LogP contribution in [0.5, 0.6) is 0 Å². The maximum atomic E-state index is 12.0. The van der Waals surface area contributed by atoms with Gasteiger partial charge >= 0.3 is 0 Å². The quantitative estimate of drug-likeness (QED) is 0.758. The Morgan fingerprint density at radius 1 is 1.52 bits per heavy atom. The van der Waals surface area contributed by atoms with Crippen molar-refractivity contribution >= 4 is 11.6 Å². The summed E-state index contributed by atoms with van der Waals surface area (Å²) in [6, 6.07) is 7.00. The van der Waals surface area contributed by atoms with Crippen molar-refractivity contribution in [3.05, 3.63) is 43.0 Å². The van der Waals surface area contributed by atoms with Gasteiger partial charge in [-0.3, -0.25) is 4.79 Å². The molecule has 3 N–H and O–H groups in total. The minimum atomic E-state index is -0.531. The van der Waals surface area contributed by atoms with Gasteiger partial charge in [-0.1, -0.05) is 6.07 Å². The first-order valence-electron chi connectivity index (χ1n) is 6.84. The molecule has 6 nitrogen and oxygen atoms in total. The summed E-state index contributed by atoms with van der Waals surface area (Å²) in [5.74, 6) is -0.186. The molecule has 0 spiro atoms. The maximum absolute atomic E-state index is 12.0. The van der Waals surface area contributed by atoms with E-state index >= 15 is 0 Å². The predicted molar refractivity (Wildman–Crippen MR) is 81.3 cm³/mol. The summed E-state index contributed by atoms with van der Waals surface area (Å²) in [4.78, 5) is 16.0. The Kier molecular flexibility index (Phi) is 5.48. The molecule has 1 aromatic carbocycles. The Morgan fingerprint density at radius 3 is 3.10 bits per heavy atom. The van der Waals surface area contributed by atoms with E-state index in [2.05, 4.69) is 10.3 Å². The van der Waals surface area contributed by atoms with Crippen LogP contribution < -0.4 is 11.1 Å². The molecule has 21 heavy (non-hydrogen) atoms. The van der Waals surface area contributed by atoms with Gasteiger partial charge in [-0.05, 0) is 31.0 Å². The number of benzene rings is 1. The maximum Gasteiger partial charge on any atom is 0.241 e. The van der Waals surface area contributed by atoms with Gasteiger partial charge in [0.1, 0.15) is 0 Å². The summed E-state index contributed by atoms with van der Waals surface area (Å²) in [5.41, 5.74) is 7.50. The van der Waals surface area contributed by atoms with Gasteiger partial charge in [0.15, 0.2) is 0 Å². The fourth-order valence-electron chi connectivity index (χ4n) is 1.97. The lowest BCUT2D eigenvalue weighted by atomic mass is 10.1. The number of carbonyl (C=O) groups excluding carboxylic acids is 1. The van der Waals surface area contributed by atoms with Crippen molar-refractivity contribution in [1.82, 2.24) is 9.55 Å². The minimum absolute atomic E-state index is 0.186. The van der Waals surface area contributed by atoms with E-state index < -0.39 is 6.04 Å². The van der Waals surface area contributed by atoms with Gasteiger partial charge in [0.25, 0.3) is 0 Å². The molecule has 0 aliphatic carbocycles. The van der Waals surface area contributed by atoms with E-state index in [4.69, 9.17) is 10.5 Å². The highest BCUT2D eigenvalue weighted by molar-refractivity contribution is 5.94. The highest BCUT2D eigenvalue weighted by atomic mass is 16.5. The smallest absolute Gasteiger partial charge is 0.241 e. The third-order valence-electron chi connectivity index (χ3n) is 3.12. The zero-order valence-electron chi connectivity index (χ0n) is 12.0. The van der Waals surface area contributed by atoms with Crippen LogP contribution in [0.4, 0.5) is 5.69 Å². The number of imidazole rings is 1. The molecular weight excluding hydrogens is 268 g/mol. The Labute approximate surface area is 123 Å². The molecule has 0 aliphatic rings. The second-order valence-corrected chi connectivity index (χ2v) is 4.75. The van der Waals surface area contributed by atoms with Crippen molar-refractivity contribution in [2.75, 3.05) is 19.0 Å². The van der Waals surface area contributed by atoms with Crippen LogP contribution in [0.2, 0.25) is 0 Å². The minimum Gasteiger partial charge on any atom is -0.385 e. The van der Waals surface area contributed by atoms with Crippen molar-refractivity contribution in [2.24, 2.45) is 5.73 Å². The predicted octanol–water partition coefficient (Wildman–Crippen LogP) is 1.56. The fourth-order valence-corrected chi connectivity index (χ4v) is 1.97. The second kappa shape index (κ2) is 7.56. The molecule has 0 aliphatic heterocycles. The highest BCUT2D eigenvalue weighted by Gasteiger charge is 2.13. The highest BCUT2D eigenvalue weighted by Crippen LogP contribution is 2.14. The zero-order chi connectivity index (χ0) is 15.1. The molecular formula is C15H20N4O2. The molecule has 1 heterocycles. The number of nitrogens with two attached hydrogens (primary N) is 1. The standard InChI is InChI=1S/C15H20N4O2/c1-21-9-3-6-14(16)15(20)18-12-4-2-5-13(10-12)19-8-7-17-11-19/h2,4-5,7-8,10-11,14H,3,6,9,16H2,1H3,(H,18,20). The number of aromatic nitrogens is 2. The molecule has 0 radical (unpaired) electrons. The molecule has 1 atom stereocenters. The SMILES string of the molecule is COCCCC(N)C(=O)Nc1cccc(-n2ccnc2)c1. The lowest BCUT2D eigenvalue weighted by Crippen LogP contribution is -2.35. The molecule has 2 rings (SSSR count). The Bertz CT molecular complexity index is 569. The molecule has 1 aromatic heterocycles. The van der Waals surface area contributed by atoms with Crippen LogP contribution in [0.1, 0.15) is 12.8 Å². The number of hydrogen-bond donors (Lipinski definition) is 2. The summed E-state index contributed by atoms with van der Waals surface area (Å²) in [6.45, 7) is 0.608. The van der Waals surface area contributed by atoms with Crippen molar-refractivity contribution in [1.29, 1.82) is 0 Å². The van der Waals surface area contributed by atoms with Crippen LogP contribution in [-0.2, 0) is 9.53 Å². The van der Waals surface area contributed by atoms with Crippen LogP contribution in [0.15, 0.2) is 43.0 Å². The van der Waals surface area contributed by atoms with Gasteiger partial charge in [-0.2, -0.15) is 0 Å². The van der Waals surface area contributed by atoms with Crippen LogP contribution in [0.25, 0.3) is 5.69 Å². The van der Waals surface area contributed by atoms with Gasteiger partial charge in [0, 0.05) is 37.5 Å². The summed E-state index contributed by atoms with van der Waals surface area (Å²) in [7, 11) is 1.63. The molecule has 0 saturated heterocycles. The number of methoxy groups -OCH3 is 1. The summed E-state index contributed by atoms with van der Waals surface area (Å²) >= 11 is 0. The van der Waals surface area contributed by atoms with Gasteiger partial charge in [0.2, 0.25) is 5.91 Å². The normalized spacial score (nSPS) is 12.1. The van der Waals surface area contributed by atoms with Crippen LogP contribution >= 0.6 is 0 Å². The van der Waals surface area contributed by atoms with Gasteiger partial charge < -0.3 is 20.4 Å². The van der Waals surface area contributed by atoms with Crippen LogP contribution in [0, 0.1) is 0 Å². The number of amides is 1. The number of rotatable bonds is 7. The Hall–Kier alpha value is -2.18. The number of nitrogens with one attached hydrogen (secondary N) is 1. The van der Waals surface area contributed by atoms with Crippen LogP contribution in [-0.4, -0.2) is 35.2 Å². The van der Waals surface area contributed by atoms with Crippen molar-refractivity contribution < 1.29 is 9.53 Å². The van der Waals surface area contributed by atoms with E-state index in [1.54, 1.807) is 19.6 Å². The number of nitrogens with zero attached hydrogens (tertiary/aromatic N) is 2. The molecule has 0 bridgehead atoms. The molecule has 1 unspecified atom stereocenters. The van der Waals surface area contributed by atoms with Gasteiger partial charge in [0.05, 0.1) is 12.4 Å². The Morgan fingerprint density at radius 2 is 2.38 bits per heavy atom. The number of hydrogen-bond acceptors (Lipinski definition) is 4. The third kappa shape index (κ3) is 4.40. The summed E-state index contributed by atoms with van der Waals surface area (Å²) in [6.07, 6.45) is 6.62. The first kappa shape index (κ1) is 15.2. The van der Waals surface area contributed by atoms with E-state index in [0.717, 1.165) is 12.1 Å². The first-order chi connectivity index (χ1) is 10.2. The number of carbonyl (C=O) groups is 1. The van der Waals surface area contributed by atoms with Crippen molar-refractivity contribution in [3.63, 3.8) is 0 Å². The Balaban J connectivity index is 1.96. The fraction of sp³-hybridized carbons (Fsp3) is 0.333. The molecule has 0 fully saturated rings.